The van der Waals surface area contributed by atoms with Crippen molar-refractivity contribution in [1.82, 2.24) is 0 Å². The smallest absolute Gasteiger partial charge is 0.323 e. The van der Waals surface area contributed by atoms with Crippen LogP contribution < -0.4 is 19.3 Å². The summed E-state index contributed by atoms with van der Waals surface area (Å²) in [6, 6.07) is 10.4. The van der Waals surface area contributed by atoms with Crippen molar-refractivity contribution in [3.8, 4) is 11.5 Å². The lowest BCUT2D eigenvalue weighted by Gasteiger charge is -2.24. The number of anilines is 2. The lowest BCUT2D eigenvalue weighted by molar-refractivity contribution is -0.138. The number of hydrogen-bond acceptors (Lipinski definition) is 8. The van der Waals surface area contributed by atoms with E-state index >= 15 is 0 Å². The summed E-state index contributed by atoms with van der Waals surface area (Å²) in [6.45, 7) is -9.72. The van der Waals surface area contributed by atoms with Gasteiger partial charge in [0.1, 0.15) is 50.8 Å². The van der Waals surface area contributed by atoms with Crippen molar-refractivity contribution in [3.05, 3.63) is 48.5 Å². The first-order chi connectivity index (χ1) is 17.6. The average Bonchev–Trinajstić information content (AvgIpc) is 2.77. The molecule has 2 aromatic carbocycles. The molecule has 0 heterocycles. The van der Waals surface area contributed by atoms with Gasteiger partial charge in [-0.2, -0.15) is 0 Å². The quantitative estimate of drug-likeness (QED) is 0.286. The van der Waals surface area contributed by atoms with E-state index in [2.05, 4.69) is 0 Å². The van der Waals surface area contributed by atoms with Gasteiger partial charge in [-0.25, -0.2) is 0 Å². The SMILES string of the molecule is [2H]C([2H])(Oc1ccccc1N(CC(=O)O)CC(=O)O)C([2H])([2H])Oc1ccccc1N(CC(=O)O)CC(=O)O. The summed E-state index contributed by atoms with van der Waals surface area (Å²) in [5.41, 5.74) is -0.294. The third kappa shape index (κ3) is 8.22. The molecule has 2 aromatic rings. The second kappa shape index (κ2) is 12.5. The summed E-state index contributed by atoms with van der Waals surface area (Å²) in [5.74, 6) is -6.31. The molecule has 0 aliphatic rings. The molecule has 12 nitrogen and oxygen atoms in total. The first-order valence-electron chi connectivity index (χ1n) is 11.6. The minimum absolute atomic E-state index is 0.147. The molecule has 0 fully saturated rings. The van der Waals surface area contributed by atoms with Crippen LogP contribution in [-0.4, -0.2) is 83.6 Å². The van der Waals surface area contributed by atoms with E-state index in [4.69, 9.17) is 35.4 Å². The highest BCUT2D eigenvalue weighted by Gasteiger charge is 2.19. The van der Waals surface area contributed by atoms with Crippen molar-refractivity contribution in [1.29, 1.82) is 0 Å². The molecule has 0 saturated heterocycles. The molecular weight excluding hydrogens is 452 g/mol. The Morgan fingerprint density at radius 1 is 0.618 bits per heavy atom. The average molecular weight is 480 g/mol. The molecule has 0 aliphatic heterocycles. The van der Waals surface area contributed by atoms with E-state index in [0.29, 0.717) is 0 Å². The topological polar surface area (TPSA) is 174 Å². The van der Waals surface area contributed by atoms with Gasteiger partial charge in [0, 0.05) is 0 Å². The number of para-hydroxylation sites is 4. The number of benzene rings is 2. The minimum atomic E-state index is -3.29. The Morgan fingerprint density at radius 2 is 0.912 bits per heavy atom. The monoisotopic (exact) mass is 480 g/mol. The molecule has 0 unspecified atom stereocenters. The van der Waals surface area contributed by atoms with Gasteiger partial charge in [0.05, 0.1) is 16.9 Å². The lowest BCUT2D eigenvalue weighted by atomic mass is 10.2. The summed E-state index contributed by atoms with van der Waals surface area (Å²) < 4.78 is 43.4. The van der Waals surface area contributed by atoms with E-state index in [0.717, 1.165) is 9.80 Å². The van der Waals surface area contributed by atoms with Gasteiger partial charge in [-0.05, 0) is 24.3 Å². The number of rotatable bonds is 15. The maximum atomic E-state index is 11.2. The van der Waals surface area contributed by atoms with E-state index in [1.165, 1.54) is 48.5 Å². The highest BCUT2D eigenvalue weighted by atomic mass is 16.5. The number of carboxylic acids is 4. The number of carboxylic acid groups (broad SMARTS) is 4. The summed E-state index contributed by atoms with van der Waals surface area (Å²) in [4.78, 5) is 46.7. The van der Waals surface area contributed by atoms with Gasteiger partial charge in [0.15, 0.2) is 0 Å². The summed E-state index contributed by atoms with van der Waals surface area (Å²) in [5, 5.41) is 36.6. The summed E-state index contributed by atoms with van der Waals surface area (Å²) >= 11 is 0. The highest BCUT2D eigenvalue weighted by Crippen LogP contribution is 2.29. The van der Waals surface area contributed by atoms with Crippen molar-refractivity contribution in [2.75, 3.05) is 49.1 Å². The largest absolute Gasteiger partial charge is 0.488 e. The standard InChI is InChI=1S/C22H24N2O10/c25-19(26)11-23(12-20(27)28)15-5-1-3-7-17(15)33-9-10-34-18-8-4-2-6-16(18)24(13-21(29)30)14-22(31)32/h1-8H,9-14H2,(H,25,26)(H,27,28)(H,29,30)(H,31,32)/i9D2,10D2. The predicted octanol–water partition coefficient (Wildman–Crippen LogP) is 1.10. The first kappa shape index (κ1) is 20.1. The number of carbonyl (C=O) groups is 4. The van der Waals surface area contributed by atoms with E-state index in [1.807, 2.05) is 0 Å². The van der Waals surface area contributed by atoms with Crippen molar-refractivity contribution >= 4 is 35.3 Å². The molecule has 0 amide bonds. The maximum Gasteiger partial charge on any atom is 0.323 e. The fraction of sp³-hybridized carbons (Fsp3) is 0.273. The lowest BCUT2D eigenvalue weighted by Crippen LogP contribution is -2.35. The fourth-order valence-electron chi connectivity index (χ4n) is 2.87. The van der Waals surface area contributed by atoms with Crippen LogP contribution in [0.5, 0.6) is 11.5 Å². The van der Waals surface area contributed by atoms with E-state index in [1.54, 1.807) is 0 Å². The zero-order valence-corrected chi connectivity index (χ0v) is 17.6. The molecule has 12 heteroatoms. The number of ether oxygens (including phenoxy) is 2. The zero-order valence-electron chi connectivity index (χ0n) is 21.6. The number of hydrogen-bond donors (Lipinski definition) is 4. The Morgan fingerprint density at radius 3 is 1.21 bits per heavy atom. The Labute approximate surface area is 199 Å². The highest BCUT2D eigenvalue weighted by molar-refractivity contribution is 5.81. The van der Waals surface area contributed by atoms with E-state index in [-0.39, 0.29) is 22.9 Å². The Balaban J connectivity index is 2.42. The van der Waals surface area contributed by atoms with Crippen molar-refractivity contribution < 1.29 is 54.6 Å². The molecule has 0 aliphatic carbocycles. The molecule has 0 aromatic heterocycles. The van der Waals surface area contributed by atoms with Crippen LogP contribution in [0.4, 0.5) is 11.4 Å². The van der Waals surface area contributed by atoms with Crippen molar-refractivity contribution in [3.63, 3.8) is 0 Å². The molecule has 34 heavy (non-hydrogen) atoms. The molecule has 4 N–H and O–H groups in total. The van der Waals surface area contributed by atoms with Gasteiger partial charge in [-0.3, -0.25) is 19.2 Å². The summed E-state index contributed by atoms with van der Waals surface area (Å²) in [7, 11) is 0. The van der Waals surface area contributed by atoms with Crippen LogP contribution in [0.25, 0.3) is 0 Å². The van der Waals surface area contributed by atoms with Crippen molar-refractivity contribution in [2.24, 2.45) is 0 Å². The second-order valence-corrected chi connectivity index (χ2v) is 6.63. The third-order valence-electron chi connectivity index (χ3n) is 4.08. The van der Waals surface area contributed by atoms with Crippen LogP contribution in [0, 0.1) is 0 Å². The normalized spacial score (nSPS) is 12.8. The van der Waals surface area contributed by atoms with Gasteiger partial charge < -0.3 is 39.7 Å². The zero-order chi connectivity index (χ0) is 28.7. The van der Waals surface area contributed by atoms with Gasteiger partial charge in [0.25, 0.3) is 0 Å². The van der Waals surface area contributed by atoms with Crippen LogP contribution in [0.3, 0.4) is 0 Å². The van der Waals surface area contributed by atoms with E-state index in [9.17, 15) is 19.2 Å². The Bertz CT molecular complexity index is 1070. The van der Waals surface area contributed by atoms with Crippen molar-refractivity contribution in [2.45, 2.75) is 0 Å². The Kier molecular flexibility index (Phi) is 7.43. The predicted molar refractivity (Wildman–Crippen MR) is 119 cm³/mol. The maximum absolute atomic E-state index is 11.2. The molecule has 182 valence electrons. The van der Waals surface area contributed by atoms with Gasteiger partial charge in [-0.15, -0.1) is 0 Å². The second-order valence-electron chi connectivity index (χ2n) is 6.63. The van der Waals surface area contributed by atoms with E-state index < -0.39 is 63.2 Å². The van der Waals surface area contributed by atoms with Crippen LogP contribution in [-0.2, 0) is 19.2 Å². The van der Waals surface area contributed by atoms with Gasteiger partial charge in [0.2, 0.25) is 0 Å². The molecule has 0 bridgehead atoms. The van der Waals surface area contributed by atoms with Crippen LogP contribution in [0.2, 0.25) is 0 Å². The van der Waals surface area contributed by atoms with Gasteiger partial charge >= 0.3 is 23.9 Å². The summed E-state index contributed by atoms with van der Waals surface area (Å²) in [6.07, 6.45) is 0. The van der Waals surface area contributed by atoms with Crippen LogP contribution in [0.1, 0.15) is 5.48 Å². The number of aliphatic carboxylic acids is 4. The fourth-order valence-corrected chi connectivity index (χ4v) is 2.87. The van der Waals surface area contributed by atoms with Gasteiger partial charge in [-0.1, -0.05) is 24.3 Å². The number of nitrogens with zero attached hydrogens (tertiary/aromatic N) is 2. The molecule has 2 rings (SSSR count). The van der Waals surface area contributed by atoms with Crippen LogP contribution >= 0.6 is 0 Å². The minimum Gasteiger partial charge on any atom is -0.488 e. The molecule has 0 atom stereocenters. The Hall–Kier alpha value is -4.48. The first-order valence-corrected chi connectivity index (χ1v) is 9.56. The molecular formula is C22H24N2O10. The van der Waals surface area contributed by atoms with Crippen LogP contribution in [0.15, 0.2) is 48.5 Å². The molecule has 0 spiro atoms. The molecule has 0 saturated carbocycles. The molecule has 0 radical (unpaired) electrons. The third-order valence-corrected chi connectivity index (χ3v) is 4.08.